The number of carboxylic acids is 2. The average molecular weight is 182 g/mol. The molecule has 0 saturated carbocycles. The van der Waals surface area contributed by atoms with Gasteiger partial charge in [-0.2, -0.15) is 0 Å². The lowest BCUT2D eigenvalue weighted by Gasteiger charge is -1.72. The van der Waals surface area contributed by atoms with Crippen molar-refractivity contribution in [3.8, 4) is 0 Å². The van der Waals surface area contributed by atoms with Crippen LogP contribution in [0.25, 0.3) is 0 Å². The van der Waals surface area contributed by atoms with Crippen LogP contribution in [0.4, 0.5) is 0 Å². The molecule has 0 aliphatic heterocycles. The number of hydrogen-bond donors (Lipinski definition) is 4. The largest absolute Gasteiger partial charge is 0.483 e. The molecule has 0 aliphatic carbocycles. The van der Waals surface area contributed by atoms with E-state index in [2.05, 4.69) is 0 Å². The van der Waals surface area contributed by atoms with Crippen molar-refractivity contribution in [3.05, 3.63) is 0 Å². The van der Waals surface area contributed by atoms with Gasteiger partial charge < -0.3 is 20.4 Å². The molecule has 12 heavy (non-hydrogen) atoms. The summed E-state index contributed by atoms with van der Waals surface area (Å²) in [7, 11) is 0. The lowest BCUT2D eigenvalue weighted by Crippen LogP contribution is -1.98. The van der Waals surface area contributed by atoms with Gasteiger partial charge in [0.05, 0.1) is 0 Å². The average Bonchev–Trinajstić information content (AvgIpc) is 1.88. The van der Waals surface area contributed by atoms with Crippen molar-refractivity contribution in [2.45, 2.75) is 6.92 Å². The molecule has 0 aromatic carbocycles. The zero-order valence-electron chi connectivity index (χ0n) is 6.30. The molecule has 0 spiro atoms. The van der Waals surface area contributed by atoms with Gasteiger partial charge in [-0.15, -0.1) is 0 Å². The summed E-state index contributed by atoms with van der Waals surface area (Å²) >= 11 is 0. The second-order valence-corrected chi connectivity index (χ2v) is 1.18. The van der Waals surface area contributed by atoms with E-state index in [4.69, 9.17) is 34.8 Å². The standard InChI is InChI=1S/C2H4O3.C2H4O2.CH2O2/c3-1-2(4)5;1-2(3)4;2-1-3/h3H,1H2,(H,4,5);1H3,(H,3,4);1H,(H,2,3). The number of hydrogen-bond acceptors (Lipinski definition) is 4. The van der Waals surface area contributed by atoms with Crippen molar-refractivity contribution in [2.24, 2.45) is 0 Å². The predicted molar refractivity (Wildman–Crippen MR) is 36.7 cm³/mol. The minimum Gasteiger partial charge on any atom is -0.483 e. The van der Waals surface area contributed by atoms with Crippen LogP contribution in [-0.2, 0) is 14.4 Å². The summed E-state index contributed by atoms with van der Waals surface area (Å²) < 4.78 is 0. The maximum absolute atomic E-state index is 9.12. The van der Waals surface area contributed by atoms with Crippen LogP contribution in [0.1, 0.15) is 6.92 Å². The van der Waals surface area contributed by atoms with E-state index in [1.165, 1.54) is 0 Å². The zero-order chi connectivity index (χ0) is 10.6. The van der Waals surface area contributed by atoms with Crippen LogP contribution in [0.2, 0.25) is 0 Å². The van der Waals surface area contributed by atoms with Crippen LogP contribution in [-0.4, -0.2) is 45.4 Å². The van der Waals surface area contributed by atoms with Crippen molar-refractivity contribution in [3.63, 3.8) is 0 Å². The Kier molecular flexibility index (Phi) is 22.6. The smallest absolute Gasteiger partial charge is 0.329 e. The van der Waals surface area contributed by atoms with Crippen molar-refractivity contribution >= 4 is 18.4 Å². The molecule has 0 unspecified atom stereocenters. The molecule has 0 aromatic heterocycles. The van der Waals surface area contributed by atoms with E-state index in [1.807, 2.05) is 0 Å². The van der Waals surface area contributed by atoms with Gasteiger partial charge in [0.2, 0.25) is 0 Å². The molecule has 7 nitrogen and oxygen atoms in total. The Morgan fingerprint density at radius 3 is 1.42 bits per heavy atom. The van der Waals surface area contributed by atoms with E-state index in [-0.39, 0.29) is 6.47 Å². The first-order valence-corrected chi connectivity index (χ1v) is 2.52. The van der Waals surface area contributed by atoms with Gasteiger partial charge >= 0.3 is 5.97 Å². The van der Waals surface area contributed by atoms with Crippen molar-refractivity contribution in [2.75, 3.05) is 6.61 Å². The van der Waals surface area contributed by atoms with Crippen LogP contribution in [0.15, 0.2) is 0 Å². The van der Waals surface area contributed by atoms with Crippen molar-refractivity contribution in [1.29, 1.82) is 0 Å². The topological polar surface area (TPSA) is 132 Å². The molecule has 0 bridgehead atoms. The number of aliphatic hydroxyl groups excluding tert-OH is 1. The highest BCUT2D eigenvalue weighted by molar-refractivity contribution is 5.67. The normalized spacial score (nSPS) is 6.17. The number of aliphatic hydroxyl groups is 1. The highest BCUT2D eigenvalue weighted by Crippen LogP contribution is 1.48. The van der Waals surface area contributed by atoms with E-state index in [1.54, 1.807) is 0 Å². The third kappa shape index (κ3) is 3320. The zero-order valence-corrected chi connectivity index (χ0v) is 6.30. The van der Waals surface area contributed by atoms with E-state index >= 15 is 0 Å². The summed E-state index contributed by atoms with van der Waals surface area (Å²) in [6, 6.07) is 0. The van der Waals surface area contributed by atoms with E-state index in [0.29, 0.717) is 0 Å². The Hall–Kier alpha value is -1.63. The van der Waals surface area contributed by atoms with Gasteiger partial charge in [-0.3, -0.25) is 9.59 Å². The maximum Gasteiger partial charge on any atom is 0.329 e. The summed E-state index contributed by atoms with van der Waals surface area (Å²) in [5.74, 6) is -2.02. The molecule has 72 valence electrons. The first kappa shape index (κ1) is 16.8. The monoisotopic (exact) mass is 182 g/mol. The lowest BCUT2D eigenvalue weighted by atomic mass is 10.8. The Morgan fingerprint density at radius 1 is 1.33 bits per heavy atom. The Bertz CT molecular complexity index is 126. The fourth-order valence-corrected chi connectivity index (χ4v) is 0. The van der Waals surface area contributed by atoms with E-state index in [0.717, 1.165) is 6.92 Å². The minimum atomic E-state index is -1.19. The summed E-state index contributed by atoms with van der Waals surface area (Å²) in [6.07, 6.45) is 0. The summed E-state index contributed by atoms with van der Waals surface area (Å²) in [5.41, 5.74) is 0. The Labute approximate surface area is 67.9 Å². The fraction of sp³-hybridized carbons (Fsp3) is 0.400. The molecular weight excluding hydrogens is 172 g/mol. The molecule has 0 radical (unpaired) electrons. The minimum absolute atomic E-state index is 0.250. The van der Waals surface area contributed by atoms with E-state index in [9.17, 15) is 0 Å². The van der Waals surface area contributed by atoms with Crippen molar-refractivity contribution < 1.29 is 34.8 Å². The third-order valence-electron chi connectivity index (χ3n) is 0.135. The molecule has 4 N–H and O–H groups in total. The van der Waals surface area contributed by atoms with Crippen LogP contribution in [0.5, 0.6) is 0 Å². The van der Waals surface area contributed by atoms with Gasteiger partial charge in [-0.25, -0.2) is 4.79 Å². The predicted octanol–water partition coefficient (Wildman–Crippen LogP) is -1.14. The van der Waals surface area contributed by atoms with Gasteiger partial charge in [0, 0.05) is 6.92 Å². The van der Waals surface area contributed by atoms with Crippen LogP contribution in [0.3, 0.4) is 0 Å². The second kappa shape index (κ2) is 16.2. The quantitative estimate of drug-likeness (QED) is 0.376. The van der Waals surface area contributed by atoms with Crippen LogP contribution in [0, 0.1) is 0 Å². The van der Waals surface area contributed by atoms with Crippen molar-refractivity contribution in [1.82, 2.24) is 0 Å². The Balaban J connectivity index is -0.000000105. The molecule has 0 heterocycles. The van der Waals surface area contributed by atoms with Gasteiger partial charge in [-0.1, -0.05) is 0 Å². The van der Waals surface area contributed by atoms with E-state index < -0.39 is 18.5 Å². The van der Waals surface area contributed by atoms with Gasteiger partial charge in [0.1, 0.15) is 6.61 Å². The SMILES string of the molecule is CC(=O)O.O=C(O)CO.O=CO. The lowest BCUT2D eigenvalue weighted by molar-refractivity contribution is -0.140. The molecule has 0 saturated heterocycles. The van der Waals surface area contributed by atoms with Crippen LogP contribution < -0.4 is 0 Å². The molecule has 0 amide bonds. The van der Waals surface area contributed by atoms with Crippen LogP contribution >= 0.6 is 0 Å². The molecule has 0 aliphatic rings. The number of carbonyl (C=O) groups is 3. The molecular formula is C5H10O7. The van der Waals surface area contributed by atoms with Gasteiger partial charge in [0.15, 0.2) is 0 Å². The maximum atomic E-state index is 9.12. The number of aliphatic carboxylic acids is 2. The summed E-state index contributed by atoms with van der Waals surface area (Å²) in [4.78, 5) is 26.5. The first-order valence-electron chi connectivity index (χ1n) is 2.52. The molecule has 0 atom stereocenters. The van der Waals surface area contributed by atoms with Gasteiger partial charge in [-0.05, 0) is 0 Å². The summed E-state index contributed by atoms with van der Waals surface area (Å²) in [6.45, 7) is 0.0556. The second-order valence-electron chi connectivity index (χ2n) is 1.18. The Morgan fingerprint density at radius 2 is 1.42 bits per heavy atom. The molecule has 0 aromatic rings. The fourth-order valence-electron chi connectivity index (χ4n) is 0. The third-order valence-corrected chi connectivity index (χ3v) is 0.135. The highest BCUT2D eigenvalue weighted by atomic mass is 16.4. The number of rotatable bonds is 1. The summed E-state index contributed by atoms with van der Waals surface area (Å²) in [5, 5.41) is 29.3. The molecule has 0 rings (SSSR count). The van der Waals surface area contributed by atoms with Gasteiger partial charge in [0.25, 0.3) is 12.4 Å². The molecule has 0 fully saturated rings. The number of carboxylic acid groups (broad SMARTS) is 3. The molecule has 7 heteroatoms. The highest BCUT2D eigenvalue weighted by Gasteiger charge is 1.82. The first-order chi connectivity index (χ1) is 5.42.